The van der Waals surface area contributed by atoms with Gasteiger partial charge in [-0.15, -0.1) is 0 Å². The molecule has 0 saturated carbocycles. The Kier molecular flexibility index (Phi) is 6.04. The second-order valence-electron chi connectivity index (χ2n) is 5.25. The van der Waals surface area contributed by atoms with Crippen LogP contribution < -0.4 is 10.6 Å². The summed E-state index contributed by atoms with van der Waals surface area (Å²) in [5.41, 5.74) is 0.241. The van der Waals surface area contributed by atoms with Crippen LogP contribution in [0.5, 0.6) is 0 Å². The molecule has 1 aromatic rings. The van der Waals surface area contributed by atoms with Crippen LogP contribution in [0, 0.1) is 10.1 Å². The van der Waals surface area contributed by atoms with Gasteiger partial charge in [0.15, 0.2) is 0 Å². The highest BCUT2D eigenvalue weighted by molar-refractivity contribution is 5.94. The first-order valence-corrected chi connectivity index (χ1v) is 7.47. The zero-order valence-electron chi connectivity index (χ0n) is 12.6. The minimum atomic E-state index is -0.528. The number of carbonyl (C=O) groups is 2. The van der Waals surface area contributed by atoms with Gasteiger partial charge in [0, 0.05) is 43.8 Å². The van der Waals surface area contributed by atoms with E-state index in [1.54, 1.807) is 0 Å². The molecule has 1 saturated heterocycles. The third kappa shape index (κ3) is 5.33. The van der Waals surface area contributed by atoms with E-state index in [0.717, 1.165) is 19.4 Å². The molecule has 2 rings (SSSR count). The van der Waals surface area contributed by atoms with Crippen LogP contribution in [0.15, 0.2) is 24.3 Å². The third-order valence-corrected chi connectivity index (χ3v) is 3.53. The van der Waals surface area contributed by atoms with Crippen LogP contribution in [-0.4, -0.2) is 42.5 Å². The molecule has 1 atom stereocenters. The quantitative estimate of drug-likeness (QED) is 0.575. The number of nitro groups is 1. The van der Waals surface area contributed by atoms with Crippen molar-refractivity contribution in [2.75, 3.05) is 19.7 Å². The SMILES string of the molecule is O=C(CCNC(=O)c1ccc([N+](=O)[O-])cc1)NC[C@@H]1CCCO1. The number of carbonyl (C=O) groups excluding carboxylic acids is 2. The average Bonchev–Trinajstić information content (AvgIpc) is 3.06. The molecule has 0 radical (unpaired) electrons. The maximum absolute atomic E-state index is 11.8. The third-order valence-electron chi connectivity index (χ3n) is 3.53. The van der Waals surface area contributed by atoms with Crippen LogP contribution in [0.3, 0.4) is 0 Å². The maximum atomic E-state index is 11.8. The van der Waals surface area contributed by atoms with Crippen molar-refractivity contribution in [3.63, 3.8) is 0 Å². The fourth-order valence-electron chi connectivity index (χ4n) is 2.25. The average molecular weight is 321 g/mol. The number of rotatable bonds is 7. The van der Waals surface area contributed by atoms with E-state index in [-0.39, 0.29) is 36.6 Å². The molecular weight excluding hydrogens is 302 g/mol. The predicted octanol–water partition coefficient (Wildman–Crippen LogP) is 1.01. The molecule has 1 aliphatic rings. The first-order chi connectivity index (χ1) is 11.1. The van der Waals surface area contributed by atoms with Crippen LogP contribution in [-0.2, 0) is 9.53 Å². The number of ether oxygens (including phenoxy) is 1. The van der Waals surface area contributed by atoms with E-state index in [0.29, 0.717) is 12.1 Å². The summed E-state index contributed by atoms with van der Waals surface area (Å²) in [6, 6.07) is 5.29. The number of nitro benzene ring substituents is 1. The van der Waals surface area contributed by atoms with E-state index in [2.05, 4.69) is 10.6 Å². The second kappa shape index (κ2) is 8.23. The fraction of sp³-hybridized carbons (Fsp3) is 0.467. The van der Waals surface area contributed by atoms with Gasteiger partial charge in [0.2, 0.25) is 5.91 Å². The molecule has 1 fully saturated rings. The number of non-ortho nitro benzene ring substituents is 1. The molecule has 124 valence electrons. The Morgan fingerprint density at radius 3 is 2.61 bits per heavy atom. The highest BCUT2D eigenvalue weighted by Gasteiger charge is 2.16. The van der Waals surface area contributed by atoms with Gasteiger partial charge in [-0.2, -0.15) is 0 Å². The summed E-state index contributed by atoms with van der Waals surface area (Å²) in [6.45, 7) is 1.44. The van der Waals surface area contributed by atoms with Crippen molar-refractivity contribution in [1.82, 2.24) is 10.6 Å². The van der Waals surface area contributed by atoms with Crippen LogP contribution in [0.2, 0.25) is 0 Å². The van der Waals surface area contributed by atoms with Crippen molar-refractivity contribution in [3.05, 3.63) is 39.9 Å². The van der Waals surface area contributed by atoms with Crippen LogP contribution in [0.25, 0.3) is 0 Å². The molecule has 1 aromatic carbocycles. The molecule has 0 bridgehead atoms. The van der Waals surface area contributed by atoms with E-state index in [4.69, 9.17) is 4.74 Å². The summed E-state index contributed by atoms with van der Waals surface area (Å²) in [5.74, 6) is -0.517. The molecule has 8 nitrogen and oxygen atoms in total. The van der Waals surface area contributed by atoms with Crippen molar-refractivity contribution in [2.24, 2.45) is 0 Å². The van der Waals surface area contributed by atoms with Crippen molar-refractivity contribution >= 4 is 17.5 Å². The van der Waals surface area contributed by atoms with Crippen LogP contribution in [0.1, 0.15) is 29.6 Å². The summed E-state index contributed by atoms with van der Waals surface area (Å²) in [4.78, 5) is 33.5. The Hall–Kier alpha value is -2.48. The van der Waals surface area contributed by atoms with Gasteiger partial charge in [-0.3, -0.25) is 19.7 Å². The van der Waals surface area contributed by atoms with Crippen LogP contribution in [0.4, 0.5) is 5.69 Å². The minimum Gasteiger partial charge on any atom is -0.376 e. The molecule has 8 heteroatoms. The van der Waals surface area contributed by atoms with E-state index < -0.39 is 4.92 Å². The van der Waals surface area contributed by atoms with Crippen molar-refractivity contribution in [2.45, 2.75) is 25.4 Å². The number of nitrogens with one attached hydrogen (secondary N) is 2. The number of benzene rings is 1. The maximum Gasteiger partial charge on any atom is 0.269 e. The summed E-state index contributed by atoms with van der Waals surface area (Å²) in [6.07, 6.45) is 2.24. The van der Waals surface area contributed by atoms with Gasteiger partial charge in [-0.25, -0.2) is 0 Å². The number of nitrogens with zero attached hydrogens (tertiary/aromatic N) is 1. The van der Waals surface area contributed by atoms with Crippen molar-refractivity contribution < 1.29 is 19.2 Å². The highest BCUT2D eigenvalue weighted by Crippen LogP contribution is 2.12. The first kappa shape index (κ1) is 16.9. The normalized spacial score (nSPS) is 16.8. The van der Waals surface area contributed by atoms with Gasteiger partial charge < -0.3 is 15.4 Å². The molecular formula is C15H19N3O5. The second-order valence-corrected chi connectivity index (χ2v) is 5.25. The summed E-state index contributed by atoms with van der Waals surface area (Å²) in [5, 5.41) is 15.9. The Bertz CT molecular complexity index is 567. The van der Waals surface area contributed by atoms with Gasteiger partial charge in [0.1, 0.15) is 0 Å². The van der Waals surface area contributed by atoms with E-state index >= 15 is 0 Å². The predicted molar refractivity (Wildman–Crippen MR) is 82.0 cm³/mol. The van der Waals surface area contributed by atoms with E-state index in [1.807, 2.05) is 0 Å². The largest absolute Gasteiger partial charge is 0.376 e. The zero-order chi connectivity index (χ0) is 16.7. The summed E-state index contributed by atoms with van der Waals surface area (Å²) >= 11 is 0. The lowest BCUT2D eigenvalue weighted by atomic mass is 10.2. The minimum absolute atomic E-state index is 0.0740. The summed E-state index contributed by atoms with van der Waals surface area (Å²) < 4.78 is 5.40. The van der Waals surface area contributed by atoms with Crippen molar-refractivity contribution in [3.8, 4) is 0 Å². The lowest BCUT2D eigenvalue weighted by molar-refractivity contribution is -0.384. The first-order valence-electron chi connectivity index (χ1n) is 7.47. The fourth-order valence-corrected chi connectivity index (χ4v) is 2.25. The lowest BCUT2D eigenvalue weighted by Gasteiger charge is -2.11. The zero-order valence-corrected chi connectivity index (χ0v) is 12.6. The Morgan fingerprint density at radius 1 is 1.26 bits per heavy atom. The Labute approximate surface area is 133 Å². The lowest BCUT2D eigenvalue weighted by Crippen LogP contribution is -2.34. The standard InChI is InChI=1S/C15H19N3O5/c19-14(17-10-13-2-1-9-23-13)7-8-16-15(20)11-3-5-12(6-4-11)18(21)22/h3-6,13H,1-2,7-10H2,(H,16,20)(H,17,19)/t13-/m0/s1. The smallest absolute Gasteiger partial charge is 0.269 e. The molecule has 1 heterocycles. The highest BCUT2D eigenvalue weighted by atomic mass is 16.6. The Morgan fingerprint density at radius 2 is 2.00 bits per heavy atom. The summed E-state index contributed by atoms with van der Waals surface area (Å²) in [7, 11) is 0. The molecule has 0 spiro atoms. The molecule has 2 amide bonds. The van der Waals surface area contributed by atoms with Gasteiger partial charge in [-0.1, -0.05) is 0 Å². The topological polar surface area (TPSA) is 111 Å². The molecule has 0 aliphatic carbocycles. The molecule has 23 heavy (non-hydrogen) atoms. The molecule has 1 aliphatic heterocycles. The van der Waals surface area contributed by atoms with Gasteiger partial charge in [0.05, 0.1) is 11.0 Å². The van der Waals surface area contributed by atoms with E-state index in [9.17, 15) is 19.7 Å². The molecule has 2 N–H and O–H groups in total. The van der Waals surface area contributed by atoms with Crippen molar-refractivity contribution in [1.29, 1.82) is 0 Å². The molecule has 0 unspecified atom stereocenters. The monoisotopic (exact) mass is 321 g/mol. The van der Waals surface area contributed by atoms with Gasteiger partial charge in [0.25, 0.3) is 11.6 Å². The Balaban J connectivity index is 1.67. The van der Waals surface area contributed by atoms with Gasteiger partial charge in [-0.05, 0) is 25.0 Å². The van der Waals surface area contributed by atoms with E-state index in [1.165, 1.54) is 24.3 Å². The van der Waals surface area contributed by atoms with Crippen LogP contribution >= 0.6 is 0 Å². The number of amides is 2. The molecule has 0 aromatic heterocycles. The number of hydrogen-bond acceptors (Lipinski definition) is 5. The number of hydrogen-bond donors (Lipinski definition) is 2. The van der Waals surface area contributed by atoms with Gasteiger partial charge >= 0.3 is 0 Å².